The Labute approximate surface area is 147 Å². The van der Waals surface area contributed by atoms with Crippen molar-refractivity contribution in [1.82, 2.24) is 30.1 Å². The van der Waals surface area contributed by atoms with Crippen molar-refractivity contribution in [1.29, 1.82) is 0 Å². The average Bonchev–Trinajstić information content (AvgIpc) is 3.21. The first-order valence-electron chi connectivity index (χ1n) is 8.96. The van der Waals surface area contributed by atoms with Crippen LogP contribution in [0.4, 0.5) is 0 Å². The van der Waals surface area contributed by atoms with Crippen LogP contribution in [0.5, 0.6) is 0 Å². The fraction of sp³-hybridized carbons (Fsp3) is 0.706. The van der Waals surface area contributed by atoms with Crippen molar-refractivity contribution in [2.24, 2.45) is 5.41 Å². The molecule has 0 unspecified atom stereocenters. The second kappa shape index (κ2) is 6.93. The summed E-state index contributed by atoms with van der Waals surface area (Å²) < 4.78 is 7.00. The maximum atomic E-state index is 12.8. The minimum Gasteiger partial charge on any atom is -0.424 e. The summed E-state index contributed by atoms with van der Waals surface area (Å²) in [5.41, 5.74) is 1.53. The van der Waals surface area contributed by atoms with Gasteiger partial charge in [-0.2, -0.15) is 0 Å². The van der Waals surface area contributed by atoms with Crippen molar-refractivity contribution in [2.75, 3.05) is 13.1 Å². The van der Waals surface area contributed by atoms with Crippen molar-refractivity contribution in [3.05, 3.63) is 23.2 Å². The summed E-state index contributed by atoms with van der Waals surface area (Å²) >= 11 is 0. The van der Waals surface area contributed by atoms with Crippen LogP contribution in [0, 0.1) is 19.3 Å². The number of aromatic nitrogens is 5. The number of carbonyl (C=O) groups is 1. The Kier molecular flexibility index (Phi) is 4.87. The largest absolute Gasteiger partial charge is 0.424 e. The standard InChI is InChI=1S/C17H26N6O2/c1-5-17(6-2)7-9-22(10-8-17)16(24)15-12(3)23(21-20-15)11-14-19-18-13(4)25-14/h5-11H2,1-4H3. The number of amides is 1. The van der Waals surface area contributed by atoms with Gasteiger partial charge in [-0.05, 0) is 25.2 Å². The molecule has 8 heteroatoms. The molecule has 1 aliphatic rings. The number of hydrogen-bond donors (Lipinski definition) is 0. The fourth-order valence-electron chi connectivity index (χ4n) is 3.53. The molecule has 25 heavy (non-hydrogen) atoms. The third-order valence-electron chi connectivity index (χ3n) is 5.65. The number of rotatable bonds is 5. The Morgan fingerprint density at radius 3 is 2.36 bits per heavy atom. The number of hydrogen-bond acceptors (Lipinski definition) is 6. The zero-order valence-electron chi connectivity index (χ0n) is 15.4. The molecule has 1 saturated heterocycles. The van der Waals surface area contributed by atoms with Crippen LogP contribution in [0.15, 0.2) is 4.42 Å². The second-order valence-corrected chi connectivity index (χ2v) is 6.90. The lowest BCUT2D eigenvalue weighted by molar-refractivity contribution is 0.0551. The predicted octanol–water partition coefficient (Wildman–Crippen LogP) is 2.37. The third-order valence-corrected chi connectivity index (χ3v) is 5.65. The lowest BCUT2D eigenvalue weighted by Gasteiger charge is -2.40. The summed E-state index contributed by atoms with van der Waals surface area (Å²) in [6.45, 7) is 9.98. The van der Waals surface area contributed by atoms with Crippen molar-refractivity contribution >= 4 is 5.91 Å². The SMILES string of the molecule is CCC1(CC)CCN(C(=O)c2nnn(Cc3nnc(C)o3)c2C)CC1. The van der Waals surface area contributed by atoms with Crippen LogP contribution in [-0.4, -0.2) is 49.1 Å². The van der Waals surface area contributed by atoms with Gasteiger partial charge in [-0.25, -0.2) is 4.68 Å². The van der Waals surface area contributed by atoms with Crippen LogP contribution in [0.25, 0.3) is 0 Å². The van der Waals surface area contributed by atoms with Crippen LogP contribution in [0.1, 0.15) is 67.5 Å². The molecule has 0 aromatic carbocycles. The molecule has 1 fully saturated rings. The van der Waals surface area contributed by atoms with Crippen LogP contribution >= 0.6 is 0 Å². The summed E-state index contributed by atoms with van der Waals surface area (Å²) in [4.78, 5) is 14.7. The second-order valence-electron chi connectivity index (χ2n) is 6.90. The number of nitrogens with zero attached hydrogens (tertiary/aromatic N) is 6. The van der Waals surface area contributed by atoms with Gasteiger partial charge < -0.3 is 9.32 Å². The molecule has 2 aromatic rings. The minimum atomic E-state index is -0.0359. The third kappa shape index (κ3) is 3.43. The van der Waals surface area contributed by atoms with Crippen LogP contribution in [0.3, 0.4) is 0 Å². The maximum Gasteiger partial charge on any atom is 0.276 e. The zero-order valence-corrected chi connectivity index (χ0v) is 15.4. The molecule has 2 aromatic heterocycles. The number of likely N-dealkylation sites (tertiary alicyclic amines) is 1. The molecular formula is C17H26N6O2. The average molecular weight is 346 g/mol. The molecule has 0 N–H and O–H groups in total. The van der Waals surface area contributed by atoms with E-state index in [2.05, 4.69) is 34.4 Å². The van der Waals surface area contributed by atoms with Gasteiger partial charge in [0.15, 0.2) is 5.69 Å². The van der Waals surface area contributed by atoms with Gasteiger partial charge in [0, 0.05) is 20.0 Å². The highest BCUT2D eigenvalue weighted by atomic mass is 16.4. The summed E-state index contributed by atoms with van der Waals surface area (Å²) in [6, 6.07) is 0. The Balaban J connectivity index is 1.69. The first-order valence-corrected chi connectivity index (χ1v) is 8.96. The van der Waals surface area contributed by atoms with E-state index in [0.717, 1.165) is 31.6 Å². The normalized spacial score (nSPS) is 17.0. The van der Waals surface area contributed by atoms with Crippen LogP contribution in [-0.2, 0) is 6.54 Å². The maximum absolute atomic E-state index is 12.8. The first-order chi connectivity index (χ1) is 12.0. The van der Waals surface area contributed by atoms with Gasteiger partial charge in [0.1, 0.15) is 6.54 Å². The molecule has 0 atom stereocenters. The van der Waals surface area contributed by atoms with Crippen molar-refractivity contribution in [3.8, 4) is 0 Å². The summed E-state index contributed by atoms with van der Waals surface area (Å²) in [6.07, 6.45) is 4.45. The molecule has 3 rings (SSSR count). The van der Waals surface area contributed by atoms with E-state index in [0.29, 0.717) is 29.4 Å². The molecule has 0 radical (unpaired) electrons. The van der Waals surface area contributed by atoms with Crippen LogP contribution in [0.2, 0.25) is 0 Å². The Bertz CT molecular complexity index is 736. The van der Waals surface area contributed by atoms with E-state index >= 15 is 0 Å². The monoisotopic (exact) mass is 346 g/mol. The summed E-state index contributed by atoms with van der Waals surface area (Å²) in [5.74, 6) is 0.928. The quantitative estimate of drug-likeness (QED) is 0.825. The van der Waals surface area contributed by atoms with Crippen molar-refractivity contribution in [3.63, 3.8) is 0 Å². The van der Waals surface area contributed by atoms with Gasteiger partial charge in [-0.1, -0.05) is 31.9 Å². The molecule has 8 nitrogen and oxygen atoms in total. The molecule has 0 saturated carbocycles. The van der Waals surface area contributed by atoms with Crippen molar-refractivity contribution in [2.45, 2.75) is 59.9 Å². The van der Waals surface area contributed by atoms with Gasteiger partial charge in [-0.3, -0.25) is 4.79 Å². The van der Waals surface area contributed by atoms with E-state index in [9.17, 15) is 4.79 Å². The van der Waals surface area contributed by atoms with E-state index in [1.54, 1.807) is 11.6 Å². The molecule has 3 heterocycles. The molecule has 1 amide bonds. The van der Waals surface area contributed by atoms with Gasteiger partial charge in [0.2, 0.25) is 11.8 Å². The van der Waals surface area contributed by atoms with Gasteiger partial charge in [0.05, 0.1) is 5.69 Å². The van der Waals surface area contributed by atoms with E-state index in [-0.39, 0.29) is 5.91 Å². The Morgan fingerprint density at radius 1 is 1.12 bits per heavy atom. The van der Waals surface area contributed by atoms with E-state index < -0.39 is 0 Å². The molecule has 0 aliphatic carbocycles. The molecule has 136 valence electrons. The van der Waals surface area contributed by atoms with Crippen LogP contribution < -0.4 is 0 Å². The Hall–Kier alpha value is -2.25. The number of piperidine rings is 1. The fourth-order valence-corrected chi connectivity index (χ4v) is 3.53. The van der Waals surface area contributed by atoms with Gasteiger partial charge in [-0.15, -0.1) is 15.3 Å². The van der Waals surface area contributed by atoms with Gasteiger partial charge in [0.25, 0.3) is 5.91 Å². The van der Waals surface area contributed by atoms with E-state index in [1.807, 2.05) is 11.8 Å². The lowest BCUT2D eigenvalue weighted by atomic mass is 9.74. The van der Waals surface area contributed by atoms with E-state index in [1.165, 1.54) is 12.8 Å². The Morgan fingerprint density at radius 2 is 1.80 bits per heavy atom. The predicted molar refractivity (Wildman–Crippen MR) is 91.0 cm³/mol. The topological polar surface area (TPSA) is 89.9 Å². The summed E-state index contributed by atoms with van der Waals surface area (Å²) in [7, 11) is 0. The van der Waals surface area contributed by atoms with Gasteiger partial charge >= 0.3 is 0 Å². The lowest BCUT2D eigenvalue weighted by Crippen LogP contribution is -2.43. The molecule has 0 spiro atoms. The summed E-state index contributed by atoms with van der Waals surface area (Å²) in [5, 5.41) is 16.0. The smallest absolute Gasteiger partial charge is 0.276 e. The first kappa shape index (κ1) is 17.6. The van der Waals surface area contributed by atoms with E-state index in [4.69, 9.17) is 4.42 Å². The number of carbonyl (C=O) groups excluding carboxylic acids is 1. The van der Waals surface area contributed by atoms with Crippen molar-refractivity contribution < 1.29 is 9.21 Å². The number of aryl methyl sites for hydroxylation is 1. The molecular weight excluding hydrogens is 320 g/mol. The minimum absolute atomic E-state index is 0.0359. The molecule has 1 aliphatic heterocycles. The highest BCUT2D eigenvalue weighted by Gasteiger charge is 2.34. The highest BCUT2D eigenvalue weighted by molar-refractivity contribution is 5.93. The zero-order chi connectivity index (χ0) is 18.0. The molecule has 0 bridgehead atoms. The highest BCUT2D eigenvalue weighted by Crippen LogP contribution is 2.38.